The number of carbonyl (C=O) groups excluding carboxylic acids is 1. The van der Waals surface area contributed by atoms with Crippen molar-refractivity contribution >= 4 is 17.5 Å². The van der Waals surface area contributed by atoms with Crippen LogP contribution in [0.1, 0.15) is 43.8 Å². The summed E-state index contributed by atoms with van der Waals surface area (Å²) in [4.78, 5) is 21.8. The Morgan fingerprint density at radius 2 is 1.73 bits per heavy atom. The Kier molecular flexibility index (Phi) is 3.81. The van der Waals surface area contributed by atoms with Gasteiger partial charge in [0.15, 0.2) is 0 Å². The molecule has 2 aromatic rings. The van der Waals surface area contributed by atoms with Crippen LogP contribution in [0.4, 0.5) is 0 Å². The van der Waals surface area contributed by atoms with Crippen LogP contribution in [0.15, 0.2) is 48.8 Å². The monoisotopic (exact) mass is 312 g/mol. The molecule has 1 aliphatic rings. The van der Waals surface area contributed by atoms with E-state index in [2.05, 4.69) is 16.9 Å². The van der Waals surface area contributed by atoms with Crippen LogP contribution in [0.5, 0.6) is 0 Å². The molecular weight excluding hydrogens is 292 g/mol. The highest BCUT2D eigenvalue weighted by Gasteiger charge is 2.54. The van der Waals surface area contributed by atoms with Gasteiger partial charge in [0.25, 0.3) is 0 Å². The maximum atomic E-state index is 12.8. The molecule has 0 bridgehead atoms. The number of thioether (sulfide) groups is 1. The number of rotatable bonds is 2. The molecular formula is C18H20N2OS. The zero-order valence-corrected chi connectivity index (χ0v) is 13.9. The number of hydrogen-bond acceptors (Lipinski definition) is 4. The van der Waals surface area contributed by atoms with Gasteiger partial charge in [-0.2, -0.15) is 0 Å². The second-order valence-corrected chi connectivity index (χ2v) is 7.98. The number of aromatic nitrogens is 2. The summed E-state index contributed by atoms with van der Waals surface area (Å²) in [6, 6.07) is 11.8. The van der Waals surface area contributed by atoms with Gasteiger partial charge >= 0.3 is 0 Å². The van der Waals surface area contributed by atoms with E-state index < -0.39 is 5.41 Å². The quantitative estimate of drug-likeness (QED) is 0.835. The first-order valence-electron chi connectivity index (χ1n) is 7.49. The van der Waals surface area contributed by atoms with Crippen molar-refractivity contribution in [2.75, 3.05) is 0 Å². The third-order valence-corrected chi connectivity index (χ3v) is 6.69. The summed E-state index contributed by atoms with van der Waals surface area (Å²) < 4.78 is -0.369. The van der Waals surface area contributed by atoms with E-state index in [1.165, 1.54) is 0 Å². The van der Waals surface area contributed by atoms with Gasteiger partial charge in [-0.3, -0.25) is 14.8 Å². The summed E-state index contributed by atoms with van der Waals surface area (Å²) in [7, 11) is 0. The molecule has 114 valence electrons. The molecule has 2 aromatic heterocycles. The van der Waals surface area contributed by atoms with Crippen LogP contribution in [0, 0.1) is 5.41 Å². The van der Waals surface area contributed by atoms with E-state index in [1.807, 2.05) is 50.2 Å². The second kappa shape index (κ2) is 5.51. The zero-order valence-electron chi connectivity index (χ0n) is 13.1. The average Bonchev–Trinajstić information content (AvgIpc) is 2.54. The zero-order chi connectivity index (χ0) is 15.8. The van der Waals surface area contributed by atoms with Crippen LogP contribution in [0.25, 0.3) is 0 Å². The molecule has 0 N–H and O–H groups in total. The molecule has 0 unspecified atom stereocenters. The molecule has 1 fully saturated rings. The van der Waals surface area contributed by atoms with Crippen LogP contribution in [0.2, 0.25) is 0 Å². The predicted molar refractivity (Wildman–Crippen MR) is 89.6 cm³/mol. The molecule has 3 rings (SSSR count). The molecule has 0 amide bonds. The molecule has 0 radical (unpaired) electrons. The minimum absolute atomic E-state index is 0.0775. The molecule has 22 heavy (non-hydrogen) atoms. The van der Waals surface area contributed by atoms with E-state index in [1.54, 1.807) is 24.2 Å². The van der Waals surface area contributed by atoms with Gasteiger partial charge in [0.1, 0.15) is 5.78 Å². The fraction of sp³-hybridized carbons (Fsp3) is 0.389. The first kappa shape index (κ1) is 15.2. The second-order valence-electron chi connectivity index (χ2n) is 6.36. The van der Waals surface area contributed by atoms with Crippen LogP contribution in [-0.2, 0) is 9.54 Å². The van der Waals surface area contributed by atoms with Gasteiger partial charge in [-0.25, -0.2) is 0 Å². The van der Waals surface area contributed by atoms with Crippen molar-refractivity contribution in [2.45, 2.75) is 37.2 Å². The third-order valence-electron chi connectivity index (χ3n) is 4.81. The summed E-state index contributed by atoms with van der Waals surface area (Å²) in [5.74, 6) is 0.273. The van der Waals surface area contributed by atoms with Crippen molar-refractivity contribution in [1.29, 1.82) is 0 Å². The van der Waals surface area contributed by atoms with Crippen LogP contribution in [0.3, 0.4) is 0 Å². The molecule has 1 saturated heterocycles. The SMILES string of the molecule is CC1(C)C(=O)C[C@H](c2ccccn2)S[C@@]1(C)c1ccccn1. The molecule has 1 aliphatic heterocycles. The molecule has 2 atom stereocenters. The Hall–Kier alpha value is -1.68. The number of hydrogen-bond donors (Lipinski definition) is 0. The Labute approximate surface area is 135 Å². The van der Waals surface area contributed by atoms with Gasteiger partial charge in [0.05, 0.1) is 21.4 Å². The van der Waals surface area contributed by atoms with E-state index in [0.717, 1.165) is 11.4 Å². The number of ketones is 1. The van der Waals surface area contributed by atoms with Crippen LogP contribution < -0.4 is 0 Å². The van der Waals surface area contributed by atoms with Crippen molar-refractivity contribution in [3.05, 3.63) is 60.2 Å². The van der Waals surface area contributed by atoms with E-state index in [-0.39, 0.29) is 15.8 Å². The first-order chi connectivity index (χ1) is 10.4. The molecule has 0 saturated carbocycles. The molecule has 0 aliphatic carbocycles. The Balaban J connectivity index is 2.05. The lowest BCUT2D eigenvalue weighted by Crippen LogP contribution is -2.47. The number of pyridine rings is 2. The van der Waals surface area contributed by atoms with Crippen molar-refractivity contribution < 1.29 is 4.79 Å². The summed E-state index contributed by atoms with van der Waals surface area (Å²) in [5, 5.41) is 0.0775. The summed E-state index contributed by atoms with van der Waals surface area (Å²) in [6.45, 7) is 6.20. The van der Waals surface area contributed by atoms with Gasteiger partial charge in [-0.05, 0) is 31.2 Å². The topological polar surface area (TPSA) is 42.9 Å². The van der Waals surface area contributed by atoms with E-state index in [9.17, 15) is 4.79 Å². The fourth-order valence-corrected chi connectivity index (χ4v) is 4.63. The molecule has 3 heterocycles. The lowest BCUT2D eigenvalue weighted by Gasteiger charge is -2.48. The van der Waals surface area contributed by atoms with E-state index in [0.29, 0.717) is 6.42 Å². The Morgan fingerprint density at radius 3 is 2.32 bits per heavy atom. The van der Waals surface area contributed by atoms with E-state index in [4.69, 9.17) is 0 Å². The summed E-state index contributed by atoms with van der Waals surface area (Å²) in [5.41, 5.74) is 1.47. The van der Waals surface area contributed by atoms with E-state index >= 15 is 0 Å². The van der Waals surface area contributed by atoms with Gasteiger partial charge in [-0.15, -0.1) is 11.8 Å². The minimum atomic E-state index is -0.461. The van der Waals surface area contributed by atoms with Crippen LogP contribution in [-0.4, -0.2) is 15.8 Å². The summed E-state index contributed by atoms with van der Waals surface area (Å²) in [6.07, 6.45) is 4.11. The molecule has 0 aromatic carbocycles. The predicted octanol–water partition coefficient (Wildman–Crippen LogP) is 4.17. The maximum Gasteiger partial charge on any atom is 0.141 e. The Bertz CT molecular complexity index is 672. The summed E-state index contributed by atoms with van der Waals surface area (Å²) >= 11 is 1.80. The van der Waals surface area contributed by atoms with Crippen LogP contribution >= 0.6 is 11.8 Å². The first-order valence-corrected chi connectivity index (χ1v) is 8.37. The standard InChI is InChI=1S/C18H20N2OS/c1-17(2)16(21)12-14(13-8-4-6-10-19-13)22-18(17,3)15-9-5-7-11-20-15/h4-11,14H,12H2,1-3H3/t14-,18+/m1/s1. The minimum Gasteiger partial charge on any atom is -0.299 e. The average molecular weight is 312 g/mol. The number of Topliss-reactive ketones (excluding diaryl/α,β-unsaturated/α-hetero) is 1. The van der Waals surface area contributed by atoms with Crippen molar-refractivity contribution in [1.82, 2.24) is 9.97 Å². The van der Waals surface area contributed by atoms with Crippen molar-refractivity contribution in [2.24, 2.45) is 5.41 Å². The fourth-order valence-electron chi connectivity index (χ4n) is 2.92. The lowest BCUT2D eigenvalue weighted by atomic mass is 9.72. The number of carbonyl (C=O) groups is 1. The highest BCUT2D eigenvalue weighted by atomic mass is 32.2. The van der Waals surface area contributed by atoms with Gasteiger partial charge < -0.3 is 0 Å². The van der Waals surface area contributed by atoms with Crippen molar-refractivity contribution in [3.63, 3.8) is 0 Å². The normalized spacial score (nSPS) is 27.6. The number of nitrogens with zero attached hydrogens (tertiary/aromatic N) is 2. The molecule has 4 heteroatoms. The largest absolute Gasteiger partial charge is 0.299 e. The lowest BCUT2D eigenvalue weighted by molar-refractivity contribution is -0.129. The van der Waals surface area contributed by atoms with Gasteiger partial charge in [0.2, 0.25) is 0 Å². The van der Waals surface area contributed by atoms with Gasteiger partial charge in [0, 0.05) is 24.2 Å². The van der Waals surface area contributed by atoms with Gasteiger partial charge in [-0.1, -0.05) is 26.0 Å². The highest BCUT2D eigenvalue weighted by Crippen LogP contribution is 2.60. The maximum absolute atomic E-state index is 12.8. The third kappa shape index (κ3) is 2.35. The molecule has 0 spiro atoms. The molecule has 3 nitrogen and oxygen atoms in total. The van der Waals surface area contributed by atoms with Crippen molar-refractivity contribution in [3.8, 4) is 0 Å². The highest BCUT2D eigenvalue weighted by molar-refractivity contribution is 8.00. The smallest absolute Gasteiger partial charge is 0.141 e. The Morgan fingerprint density at radius 1 is 1.05 bits per heavy atom.